The molecule has 0 heterocycles. The molecule has 1 aromatic carbocycles. The minimum Gasteiger partial charge on any atom is -0.508 e. The maximum absolute atomic E-state index is 9.22. The standard InChI is InChI=1S/C13H21NO/c1-4-10-14(5-2)11(3)12-6-8-13(15)9-7-12/h6-9,11,15H,4-5,10H2,1-3H3. The predicted molar refractivity (Wildman–Crippen MR) is 64.1 cm³/mol. The summed E-state index contributed by atoms with van der Waals surface area (Å²) < 4.78 is 0. The lowest BCUT2D eigenvalue weighted by molar-refractivity contribution is 0.222. The maximum Gasteiger partial charge on any atom is 0.115 e. The lowest BCUT2D eigenvalue weighted by atomic mass is 10.1. The van der Waals surface area contributed by atoms with Crippen LogP contribution in [0.2, 0.25) is 0 Å². The van der Waals surface area contributed by atoms with Crippen molar-refractivity contribution in [3.8, 4) is 5.75 Å². The Morgan fingerprint density at radius 1 is 1.20 bits per heavy atom. The molecule has 0 aliphatic rings. The van der Waals surface area contributed by atoms with Gasteiger partial charge in [0.15, 0.2) is 0 Å². The fourth-order valence-electron chi connectivity index (χ4n) is 1.88. The van der Waals surface area contributed by atoms with Crippen molar-refractivity contribution < 1.29 is 5.11 Å². The summed E-state index contributed by atoms with van der Waals surface area (Å²) in [6.07, 6.45) is 1.18. The first-order valence-corrected chi connectivity index (χ1v) is 5.72. The predicted octanol–water partition coefficient (Wildman–Crippen LogP) is 3.19. The minimum atomic E-state index is 0.337. The number of phenolic OH excluding ortho intramolecular Hbond substituents is 1. The Kier molecular flexibility index (Phi) is 4.63. The second-order valence-electron chi connectivity index (χ2n) is 3.90. The van der Waals surface area contributed by atoms with E-state index in [-0.39, 0.29) is 0 Å². The molecule has 0 bridgehead atoms. The van der Waals surface area contributed by atoms with E-state index >= 15 is 0 Å². The van der Waals surface area contributed by atoms with Crippen LogP contribution in [0.4, 0.5) is 0 Å². The number of rotatable bonds is 5. The first-order valence-electron chi connectivity index (χ1n) is 5.72. The van der Waals surface area contributed by atoms with Crippen LogP contribution in [-0.2, 0) is 0 Å². The molecule has 0 aromatic heterocycles. The van der Waals surface area contributed by atoms with Gasteiger partial charge in [-0.15, -0.1) is 0 Å². The molecule has 0 saturated carbocycles. The number of nitrogens with zero attached hydrogens (tertiary/aromatic N) is 1. The highest BCUT2D eigenvalue weighted by atomic mass is 16.3. The van der Waals surface area contributed by atoms with Crippen LogP contribution < -0.4 is 0 Å². The van der Waals surface area contributed by atoms with Crippen LogP contribution in [0, 0.1) is 0 Å². The zero-order valence-electron chi connectivity index (χ0n) is 9.90. The van der Waals surface area contributed by atoms with Crippen LogP contribution >= 0.6 is 0 Å². The summed E-state index contributed by atoms with van der Waals surface area (Å²) in [5.74, 6) is 0.337. The van der Waals surface area contributed by atoms with E-state index in [0.29, 0.717) is 11.8 Å². The van der Waals surface area contributed by atoms with Crippen molar-refractivity contribution >= 4 is 0 Å². The van der Waals surface area contributed by atoms with Gasteiger partial charge in [-0.25, -0.2) is 0 Å². The summed E-state index contributed by atoms with van der Waals surface area (Å²) in [6.45, 7) is 8.79. The van der Waals surface area contributed by atoms with Crippen molar-refractivity contribution in [2.45, 2.75) is 33.2 Å². The molecule has 2 heteroatoms. The molecular formula is C13H21NO. The van der Waals surface area contributed by atoms with Gasteiger partial charge < -0.3 is 5.11 Å². The van der Waals surface area contributed by atoms with Crippen molar-refractivity contribution in [3.05, 3.63) is 29.8 Å². The van der Waals surface area contributed by atoms with E-state index in [1.807, 2.05) is 12.1 Å². The molecule has 15 heavy (non-hydrogen) atoms. The van der Waals surface area contributed by atoms with Gasteiger partial charge in [-0.3, -0.25) is 4.90 Å². The topological polar surface area (TPSA) is 23.5 Å². The van der Waals surface area contributed by atoms with Crippen LogP contribution in [0.1, 0.15) is 38.8 Å². The molecule has 84 valence electrons. The SMILES string of the molecule is CCCN(CC)C(C)c1ccc(O)cc1. The van der Waals surface area contributed by atoms with Gasteiger partial charge >= 0.3 is 0 Å². The maximum atomic E-state index is 9.22. The smallest absolute Gasteiger partial charge is 0.115 e. The molecule has 0 saturated heterocycles. The van der Waals surface area contributed by atoms with E-state index < -0.39 is 0 Å². The average Bonchev–Trinajstić information content (AvgIpc) is 2.26. The van der Waals surface area contributed by atoms with Crippen LogP contribution in [0.3, 0.4) is 0 Å². The average molecular weight is 207 g/mol. The highest BCUT2D eigenvalue weighted by Gasteiger charge is 2.12. The van der Waals surface area contributed by atoms with E-state index in [9.17, 15) is 5.11 Å². The second-order valence-corrected chi connectivity index (χ2v) is 3.90. The first kappa shape index (κ1) is 12.1. The van der Waals surface area contributed by atoms with Crippen molar-refractivity contribution in [2.75, 3.05) is 13.1 Å². The van der Waals surface area contributed by atoms with E-state index in [2.05, 4.69) is 25.7 Å². The van der Waals surface area contributed by atoms with Crippen LogP contribution in [-0.4, -0.2) is 23.1 Å². The Morgan fingerprint density at radius 3 is 2.27 bits per heavy atom. The molecule has 1 rings (SSSR count). The summed E-state index contributed by atoms with van der Waals surface area (Å²) in [5, 5.41) is 9.22. The lowest BCUT2D eigenvalue weighted by Gasteiger charge is -2.27. The van der Waals surface area contributed by atoms with E-state index in [1.165, 1.54) is 12.0 Å². The number of hydrogen-bond donors (Lipinski definition) is 1. The van der Waals surface area contributed by atoms with Crippen molar-refractivity contribution in [2.24, 2.45) is 0 Å². The number of benzene rings is 1. The molecule has 0 aliphatic carbocycles. The van der Waals surface area contributed by atoms with Gasteiger partial charge in [0.05, 0.1) is 0 Å². The van der Waals surface area contributed by atoms with Crippen molar-refractivity contribution in [1.29, 1.82) is 0 Å². The minimum absolute atomic E-state index is 0.337. The Labute approximate surface area is 92.5 Å². The van der Waals surface area contributed by atoms with Gasteiger partial charge in [0, 0.05) is 6.04 Å². The van der Waals surface area contributed by atoms with Gasteiger partial charge in [-0.05, 0) is 44.1 Å². The third-order valence-corrected chi connectivity index (χ3v) is 2.84. The monoisotopic (exact) mass is 207 g/mol. The number of hydrogen-bond acceptors (Lipinski definition) is 2. The van der Waals surface area contributed by atoms with E-state index in [4.69, 9.17) is 0 Å². The largest absolute Gasteiger partial charge is 0.508 e. The Hall–Kier alpha value is -1.02. The fraction of sp³-hybridized carbons (Fsp3) is 0.538. The first-order chi connectivity index (χ1) is 7.19. The highest BCUT2D eigenvalue weighted by molar-refractivity contribution is 5.27. The summed E-state index contributed by atoms with van der Waals surface area (Å²) in [7, 11) is 0. The molecule has 1 unspecified atom stereocenters. The summed E-state index contributed by atoms with van der Waals surface area (Å²) in [4.78, 5) is 2.44. The molecule has 0 amide bonds. The molecule has 0 radical (unpaired) electrons. The van der Waals surface area contributed by atoms with Crippen molar-refractivity contribution in [1.82, 2.24) is 4.90 Å². The van der Waals surface area contributed by atoms with Crippen LogP contribution in [0.15, 0.2) is 24.3 Å². The Bertz CT molecular complexity index is 281. The van der Waals surface area contributed by atoms with E-state index in [0.717, 1.165) is 13.1 Å². The molecule has 2 nitrogen and oxygen atoms in total. The van der Waals surface area contributed by atoms with Gasteiger partial charge in [0.25, 0.3) is 0 Å². The molecule has 1 aromatic rings. The molecule has 0 fully saturated rings. The lowest BCUT2D eigenvalue weighted by Crippen LogP contribution is -2.27. The molecule has 0 aliphatic heterocycles. The zero-order chi connectivity index (χ0) is 11.3. The van der Waals surface area contributed by atoms with Gasteiger partial charge in [-0.1, -0.05) is 26.0 Å². The van der Waals surface area contributed by atoms with Gasteiger partial charge in [0.1, 0.15) is 5.75 Å². The third-order valence-electron chi connectivity index (χ3n) is 2.84. The number of phenols is 1. The molecule has 1 N–H and O–H groups in total. The molecule has 1 atom stereocenters. The zero-order valence-corrected chi connectivity index (χ0v) is 9.90. The fourth-order valence-corrected chi connectivity index (χ4v) is 1.88. The quantitative estimate of drug-likeness (QED) is 0.801. The highest BCUT2D eigenvalue weighted by Crippen LogP contribution is 2.21. The molecule has 0 spiro atoms. The number of aromatic hydroxyl groups is 1. The van der Waals surface area contributed by atoms with Crippen molar-refractivity contribution in [3.63, 3.8) is 0 Å². The second kappa shape index (κ2) is 5.76. The normalized spacial score (nSPS) is 13.1. The molecular weight excluding hydrogens is 186 g/mol. The van der Waals surface area contributed by atoms with Gasteiger partial charge in [0.2, 0.25) is 0 Å². The summed E-state index contributed by atoms with van der Waals surface area (Å²) >= 11 is 0. The van der Waals surface area contributed by atoms with E-state index in [1.54, 1.807) is 12.1 Å². The van der Waals surface area contributed by atoms with Crippen LogP contribution in [0.5, 0.6) is 5.75 Å². The third kappa shape index (κ3) is 3.24. The van der Waals surface area contributed by atoms with Crippen LogP contribution in [0.25, 0.3) is 0 Å². The van der Waals surface area contributed by atoms with Gasteiger partial charge in [-0.2, -0.15) is 0 Å². The Balaban J connectivity index is 2.73. The summed E-state index contributed by atoms with van der Waals surface area (Å²) in [6, 6.07) is 7.93. The Morgan fingerprint density at radius 2 is 1.80 bits per heavy atom. The summed E-state index contributed by atoms with van der Waals surface area (Å²) in [5.41, 5.74) is 1.27.